The SMILES string of the molecule is C[C@@H]1COCCN1c1nc(Cl)nn2c(C(O)C3CCOC3)ccc12. The molecule has 0 radical (unpaired) electrons. The fourth-order valence-corrected chi connectivity index (χ4v) is 3.65. The highest BCUT2D eigenvalue weighted by atomic mass is 35.5. The lowest BCUT2D eigenvalue weighted by Gasteiger charge is -2.34. The van der Waals surface area contributed by atoms with Gasteiger partial charge in [-0.05, 0) is 37.1 Å². The smallest absolute Gasteiger partial charge is 0.243 e. The lowest BCUT2D eigenvalue weighted by Crippen LogP contribution is -2.44. The Balaban J connectivity index is 1.76. The lowest BCUT2D eigenvalue weighted by atomic mass is 9.99. The summed E-state index contributed by atoms with van der Waals surface area (Å²) in [4.78, 5) is 6.62. The summed E-state index contributed by atoms with van der Waals surface area (Å²) in [6.45, 7) is 5.43. The van der Waals surface area contributed by atoms with Crippen LogP contribution in [0.3, 0.4) is 0 Å². The maximum atomic E-state index is 10.7. The summed E-state index contributed by atoms with van der Waals surface area (Å²) < 4.78 is 12.6. The summed E-state index contributed by atoms with van der Waals surface area (Å²) in [6.07, 6.45) is 0.219. The van der Waals surface area contributed by atoms with Gasteiger partial charge < -0.3 is 19.5 Å². The van der Waals surface area contributed by atoms with Crippen LogP contribution in [0.2, 0.25) is 5.28 Å². The van der Waals surface area contributed by atoms with Crippen LogP contribution in [-0.4, -0.2) is 58.7 Å². The number of rotatable bonds is 3. The van der Waals surface area contributed by atoms with Crippen LogP contribution in [-0.2, 0) is 9.47 Å². The second-order valence-electron chi connectivity index (χ2n) is 6.45. The van der Waals surface area contributed by atoms with Crippen molar-refractivity contribution in [1.82, 2.24) is 14.6 Å². The normalized spacial score (nSPS) is 26.2. The molecule has 3 atom stereocenters. The van der Waals surface area contributed by atoms with Crippen LogP contribution >= 0.6 is 11.6 Å². The van der Waals surface area contributed by atoms with Gasteiger partial charge >= 0.3 is 0 Å². The molecule has 130 valence electrons. The Labute approximate surface area is 145 Å². The van der Waals surface area contributed by atoms with Crippen LogP contribution < -0.4 is 4.90 Å². The van der Waals surface area contributed by atoms with Gasteiger partial charge in [-0.3, -0.25) is 0 Å². The van der Waals surface area contributed by atoms with Crippen LogP contribution in [0.25, 0.3) is 5.52 Å². The number of hydrogen-bond acceptors (Lipinski definition) is 6. The molecule has 8 heteroatoms. The van der Waals surface area contributed by atoms with E-state index >= 15 is 0 Å². The van der Waals surface area contributed by atoms with Gasteiger partial charge in [0.1, 0.15) is 11.6 Å². The van der Waals surface area contributed by atoms with E-state index in [2.05, 4.69) is 21.9 Å². The van der Waals surface area contributed by atoms with E-state index in [9.17, 15) is 5.11 Å². The van der Waals surface area contributed by atoms with Crippen molar-refractivity contribution in [3.05, 3.63) is 23.1 Å². The summed E-state index contributed by atoms with van der Waals surface area (Å²) in [5, 5.41) is 15.2. The number of anilines is 1. The van der Waals surface area contributed by atoms with Crippen molar-refractivity contribution in [2.45, 2.75) is 25.5 Å². The maximum Gasteiger partial charge on any atom is 0.243 e. The average molecular weight is 353 g/mol. The molecule has 24 heavy (non-hydrogen) atoms. The van der Waals surface area contributed by atoms with Gasteiger partial charge in [-0.25, -0.2) is 4.52 Å². The molecule has 0 spiro atoms. The molecule has 2 aromatic rings. The van der Waals surface area contributed by atoms with Crippen molar-refractivity contribution in [2.75, 3.05) is 37.9 Å². The van der Waals surface area contributed by atoms with Gasteiger partial charge in [-0.1, -0.05) is 0 Å². The Hall–Kier alpha value is -1.41. The first-order chi connectivity index (χ1) is 11.6. The zero-order valence-electron chi connectivity index (χ0n) is 13.6. The second kappa shape index (κ2) is 6.48. The molecule has 2 aliphatic rings. The van der Waals surface area contributed by atoms with Gasteiger partial charge in [-0.2, -0.15) is 4.98 Å². The molecule has 0 aromatic carbocycles. The molecular weight excluding hydrogens is 332 g/mol. The highest BCUT2D eigenvalue weighted by Crippen LogP contribution is 2.32. The molecule has 2 saturated heterocycles. The number of nitrogens with zero attached hydrogens (tertiary/aromatic N) is 4. The molecule has 0 saturated carbocycles. The van der Waals surface area contributed by atoms with E-state index in [-0.39, 0.29) is 17.2 Å². The molecule has 7 nitrogen and oxygen atoms in total. The molecule has 0 aliphatic carbocycles. The van der Waals surface area contributed by atoms with E-state index < -0.39 is 6.10 Å². The molecular formula is C16H21ClN4O3. The lowest BCUT2D eigenvalue weighted by molar-refractivity contribution is 0.0871. The van der Waals surface area contributed by atoms with Gasteiger partial charge in [0.25, 0.3) is 0 Å². The van der Waals surface area contributed by atoms with E-state index in [4.69, 9.17) is 21.1 Å². The van der Waals surface area contributed by atoms with Gasteiger partial charge in [0.2, 0.25) is 5.28 Å². The minimum absolute atomic E-state index is 0.0857. The fraction of sp³-hybridized carbons (Fsp3) is 0.625. The topological polar surface area (TPSA) is 72.1 Å². The number of aromatic nitrogens is 3. The number of morpholine rings is 1. The quantitative estimate of drug-likeness (QED) is 0.906. The number of ether oxygens (including phenoxy) is 2. The van der Waals surface area contributed by atoms with E-state index in [0.717, 1.165) is 30.0 Å². The third-order valence-corrected chi connectivity index (χ3v) is 5.01. The highest BCUT2D eigenvalue weighted by molar-refractivity contribution is 6.28. The molecule has 4 rings (SSSR count). The van der Waals surface area contributed by atoms with Crippen molar-refractivity contribution in [2.24, 2.45) is 5.92 Å². The molecule has 2 fully saturated rings. The van der Waals surface area contributed by atoms with Crippen LogP contribution in [0.4, 0.5) is 5.82 Å². The first kappa shape index (κ1) is 16.1. The van der Waals surface area contributed by atoms with Crippen LogP contribution in [0.5, 0.6) is 0 Å². The van der Waals surface area contributed by atoms with Crippen LogP contribution in [0.15, 0.2) is 12.1 Å². The predicted octanol–water partition coefficient (Wildman–Crippen LogP) is 1.68. The molecule has 4 heterocycles. The monoisotopic (exact) mass is 352 g/mol. The Morgan fingerprint density at radius 2 is 2.12 bits per heavy atom. The summed E-state index contributed by atoms with van der Waals surface area (Å²) in [5.74, 6) is 0.870. The minimum Gasteiger partial charge on any atom is -0.386 e. The van der Waals surface area contributed by atoms with Crippen molar-refractivity contribution >= 4 is 22.9 Å². The number of hydrogen-bond donors (Lipinski definition) is 1. The standard InChI is InChI=1S/C16H21ClN4O3/c1-10-8-24-7-5-20(10)15-13-3-2-12(21(13)19-16(17)18-15)14(22)11-4-6-23-9-11/h2-3,10-11,14,22H,4-9H2,1H3/t10-,11?,14?/m1/s1. The third kappa shape index (κ3) is 2.75. The Kier molecular flexibility index (Phi) is 4.34. The van der Waals surface area contributed by atoms with E-state index in [1.54, 1.807) is 4.52 Å². The van der Waals surface area contributed by atoms with Crippen molar-refractivity contribution in [3.8, 4) is 0 Å². The van der Waals surface area contributed by atoms with E-state index in [1.165, 1.54) is 0 Å². The van der Waals surface area contributed by atoms with Gasteiger partial charge in [0.05, 0.1) is 31.6 Å². The summed E-state index contributed by atoms with van der Waals surface area (Å²) >= 11 is 6.18. The summed E-state index contributed by atoms with van der Waals surface area (Å²) in [6, 6.07) is 4.06. The van der Waals surface area contributed by atoms with Crippen molar-refractivity contribution < 1.29 is 14.6 Å². The first-order valence-corrected chi connectivity index (χ1v) is 8.68. The van der Waals surface area contributed by atoms with E-state index in [0.29, 0.717) is 26.4 Å². The maximum absolute atomic E-state index is 10.7. The van der Waals surface area contributed by atoms with Crippen molar-refractivity contribution in [3.63, 3.8) is 0 Å². The Bertz CT molecular complexity index is 731. The number of aliphatic hydroxyl groups is 1. The molecule has 2 aromatic heterocycles. The van der Waals surface area contributed by atoms with Gasteiger partial charge in [0, 0.05) is 19.1 Å². The van der Waals surface area contributed by atoms with Crippen LogP contribution in [0, 0.1) is 5.92 Å². The first-order valence-electron chi connectivity index (χ1n) is 8.30. The van der Waals surface area contributed by atoms with E-state index in [1.807, 2.05) is 12.1 Å². The number of aliphatic hydroxyl groups excluding tert-OH is 1. The number of fused-ring (bicyclic) bond motifs is 1. The number of halogens is 1. The summed E-state index contributed by atoms with van der Waals surface area (Å²) in [5.41, 5.74) is 1.58. The Morgan fingerprint density at radius 3 is 2.88 bits per heavy atom. The average Bonchev–Trinajstić information content (AvgIpc) is 3.24. The van der Waals surface area contributed by atoms with Crippen molar-refractivity contribution in [1.29, 1.82) is 0 Å². The van der Waals surface area contributed by atoms with Crippen LogP contribution in [0.1, 0.15) is 25.1 Å². The molecule has 0 amide bonds. The zero-order chi connectivity index (χ0) is 16.7. The highest BCUT2D eigenvalue weighted by Gasteiger charge is 2.29. The largest absolute Gasteiger partial charge is 0.386 e. The zero-order valence-corrected chi connectivity index (χ0v) is 14.3. The fourth-order valence-electron chi connectivity index (χ4n) is 3.50. The second-order valence-corrected chi connectivity index (χ2v) is 6.78. The third-order valence-electron chi connectivity index (χ3n) is 4.85. The predicted molar refractivity (Wildman–Crippen MR) is 89.5 cm³/mol. The van der Waals surface area contributed by atoms with Gasteiger partial charge in [0.15, 0.2) is 5.82 Å². The molecule has 0 bridgehead atoms. The molecule has 2 aliphatic heterocycles. The summed E-state index contributed by atoms with van der Waals surface area (Å²) in [7, 11) is 0. The van der Waals surface area contributed by atoms with Gasteiger partial charge in [-0.15, -0.1) is 5.10 Å². The Morgan fingerprint density at radius 1 is 1.29 bits per heavy atom. The minimum atomic E-state index is -0.629. The molecule has 2 unspecified atom stereocenters. The molecule has 1 N–H and O–H groups in total.